The lowest BCUT2D eigenvalue weighted by Gasteiger charge is -2.15. The number of rotatable bonds is 3. The van der Waals surface area contributed by atoms with Gasteiger partial charge in [0.2, 0.25) is 0 Å². The number of ketones is 1. The molecule has 0 aromatic carbocycles. The molecule has 2 rings (SSSR count). The first-order valence-electron chi connectivity index (χ1n) is 5.32. The van der Waals surface area contributed by atoms with Crippen molar-refractivity contribution in [3.63, 3.8) is 0 Å². The molecule has 17 heavy (non-hydrogen) atoms. The predicted octanol–water partition coefficient (Wildman–Crippen LogP) is 3.08. The molecule has 2 heterocycles. The Kier molecular flexibility index (Phi) is 3.24. The molecule has 0 atom stereocenters. The van der Waals surface area contributed by atoms with Gasteiger partial charge in [0, 0.05) is 31.4 Å². The monoisotopic (exact) mass is 246 g/mol. The van der Waals surface area contributed by atoms with E-state index in [9.17, 15) is 4.79 Å². The van der Waals surface area contributed by atoms with Crippen LogP contribution in [-0.2, 0) is 0 Å². The van der Waals surface area contributed by atoms with Gasteiger partial charge in [-0.2, -0.15) is 0 Å². The molecule has 0 amide bonds. The van der Waals surface area contributed by atoms with Crippen molar-refractivity contribution < 1.29 is 4.79 Å². The highest BCUT2D eigenvalue weighted by atomic mass is 32.1. The predicted molar refractivity (Wildman–Crippen MR) is 71.9 cm³/mol. The van der Waals surface area contributed by atoms with Crippen molar-refractivity contribution in [1.82, 2.24) is 4.98 Å². The zero-order valence-electron chi connectivity index (χ0n) is 10.1. The summed E-state index contributed by atoms with van der Waals surface area (Å²) in [5.74, 6) is 0.983. The number of carbonyl (C=O) groups excluding carboxylic acids is 1. The summed E-state index contributed by atoms with van der Waals surface area (Å²) in [5, 5.41) is 1.94. The van der Waals surface area contributed by atoms with Crippen LogP contribution in [0.15, 0.2) is 29.8 Å². The van der Waals surface area contributed by atoms with Crippen molar-refractivity contribution in [2.24, 2.45) is 0 Å². The van der Waals surface area contributed by atoms with Crippen LogP contribution in [0, 0.1) is 0 Å². The largest absolute Gasteiger partial charge is 0.362 e. The number of carbonyl (C=O) groups is 1. The van der Waals surface area contributed by atoms with Crippen LogP contribution >= 0.6 is 11.3 Å². The third kappa shape index (κ3) is 2.22. The molecule has 0 N–H and O–H groups in total. The lowest BCUT2D eigenvalue weighted by molar-refractivity contribution is 0.102. The van der Waals surface area contributed by atoms with E-state index in [1.807, 2.05) is 42.6 Å². The quantitative estimate of drug-likeness (QED) is 0.780. The van der Waals surface area contributed by atoms with Gasteiger partial charge in [-0.05, 0) is 30.5 Å². The van der Waals surface area contributed by atoms with Crippen molar-refractivity contribution in [3.05, 3.63) is 34.7 Å². The number of hydrogen-bond acceptors (Lipinski definition) is 4. The van der Waals surface area contributed by atoms with Crippen LogP contribution in [0.5, 0.6) is 0 Å². The molecule has 0 fully saturated rings. The molecule has 0 spiro atoms. The Labute approximate surface area is 105 Å². The minimum Gasteiger partial charge on any atom is -0.362 e. The van der Waals surface area contributed by atoms with E-state index in [-0.39, 0.29) is 5.78 Å². The number of aromatic nitrogens is 1. The molecule has 2 aromatic heterocycles. The first kappa shape index (κ1) is 11.8. The van der Waals surface area contributed by atoms with Gasteiger partial charge in [0.05, 0.1) is 4.88 Å². The normalized spacial score (nSPS) is 10.3. The summed E-state index contributed by atoms with van der Waals surface area (Å²) in [6, 6.07) is 5.87. The first-order valence-corrected chi connectivity index (χ1v) is 6.20. The minimum absolute atomic E-state index is 0.101. The van der Waals surface area contributed by atoms with Crippen molar-refractivity contribution in [2.45, 2.75) is 6.92 Å². The zero-order chi connectivity index (χ0) is 12.4. The summed E-state index contributed by atoms with van der Waals surface area (Å²) in [4.78, 5) is 18.7. The Hall–Kier alpha value is -1.68. The number of nitrogens with zero attached hydrogens (tertiary/aromatic N) is 2. The van der Waals surface area contributed by atoms with Crippen LogP contribution < -0.4 is 4.90 Å². The topological polar surface area (TPSA) is 33.2 Å². The fraction of sp³-hybridized carbons (Fsp3) is 0.231. The lowest BCUT2D eigenvalue weighted by atomic mass is 10.1. The summed E-state index contributed by atoms with van der Waals surface area (Å²) in [5.41, 5.74) is 1.98. The second-order valence-corrected chi connectivity index (χ2v) is 4.90. The maximum atomic E-state index is 11.6. The van der Waals surface area contributed by atoms with Gasteiger partial charge in [0.25, 0.3) is 0 Å². The van der Waals surface area contributed by atoms with E-state index in [1.54, 1.807) is 13.1 Å². The molecule has 0 aliphatic rings. The number of Topliss-reactive ketones (excluding diaryl/α,β-unsaturated/α-hetero) is 1. The number of hydrogen-bond donors (Lipinski definition) is 0. The number of pyridine rings is 1. The first-order chi connectivity index (χ1) is 8.11. The highest BCUT2D eigenvalue weighted by Gasteiger charge is 2.15. The van der Waals surface area contributed by atoms with E-state index >= 15 is 0 Å². The van der Waals surface area contributed by atoms with Crippen LogP contribution in [0.3, 0.4) is 0 Å². The molecule has 0 aliphatic heterocycles. The highest BCUT2D eigenvalue weighted by molar-refractivity contribution is 7.12. The van der Waals surface area contributed by atoms with Gasteiger partial charge in [-0.25, -0.2) is 4.98 Å². The second-order valence-electron chi connectivity index (χ2n) is 3.99. The molecular formula is C13H14N2OS. The molecular weight excluding hydrogens is 232 g/mol. The summed E-state index contributed by atoms with van der Waals surface area (Å²) < 4.78 is 0. The summed E-state index contributed by atoms with van der Waals surface area (Å²) >= 11 is 1.48. The SMILES string of the molecule is CC(=O)c1sccc1-c1cccnc1N(C)C. The molecule has 0 bridgehead atoms. The van der Waals surface area contributed by atoms with Crippen molar-refractivity contribution in [1.29, 1.82) is 0 Å². The highest BCUT2D eigenvalue weighted by Crippen LogP contribution is 2.33. The van der Waals surface area contributed by atoms with Crippen LogP contribution in [0.25, 0.3) is 11.1 Å². The fourth-order valence-corrected chi connectivity index (χ4v) is 2.57. The summed E-state index contributed by atoms with van der Waals surface area (Å²) in [7, 11) is 3.90. The van der Waals surface area contributed by atoms with Gasteiger partial charge in [0.15, 0.2) is 5.78 Å². The van der Waals surface area contributed by atoms with E-state index in [1.165, 1.54) is 11.3 Å². The van der Waals surface area contributed by atoms with Crippen LogP contribution in [0.2, 0.25) is 0 Å². The molecule has 88 valence electrons. The van der Waals surface area contributed by atoms with Gasteiger partial charge >= 0.3 is 0 Å². The Bertz CT molecular complexity index is 546. The van der Waals surface area contributed by atoms with E-state index in [0.717, 1.165) is 21.8 Å². The summed E-state index contributed by atoms with van der Waals surface area (Å²) in [6.07, 6.45) is 1.76. The summed E-state index contributed by atoms with van der Waals surface area (Å²) in [6.45, 7) is 1.60. The second kappa shape index (κ2) is 4.67. The molecule has 2 aromatic rings. The van der Waals surface area contributed by atoms with E-state index in [2.05, 4.69) is 4.98 Å². The minimum atomic E-state index is 0.101. The molecule has 0 radical (unpaired) electrons. The standard InChI is InChI=1S/C13H14N2OS/c1-9(16)12-10(6-8-17-12)11-5-4-7-14-13(11)15(2)3/h4-8H,1-3H3. The molecule has 0 unspecified atom stereocenters. The van der Waals surface area contributed by atoms with E-state index < -0.39 is 0 Å². The van der Waals surface area contributed by atoms with E-state index in [4.69, 9.17) is 0 Å². The smallest absolute Gasteiger partial charge is 0.170 e. The third-order valence-corrected chi connectivity index (χ3v) is 3.50. The Morgan fingerprint density at radius 2 is 2.06 bits per heavy atom. The maximum Gasteiger partial charge on any atom is 0.170 e. The Morgan fingerprint density at radius 3 is 2.71 bits per heavy atom. The number of thiophene rings is 1. The Morgan fingerprint density at radius 1 is 1.29 bits per heavy atom. The Balaban J connectivity index is 2.60. The molecule has 0 saturated heterocycles. The average molecular weight is 246 g/mol. The molecule has 3 nitrogen and oxygen atoms in total. The fourth-order valence-electron chi connectivity index (χ4n) is 1.76. The number of anilines is 1. The van der Waals surface area contributed by atoms with Crippen LogP contribution in [0.1, 0.15) is 16.6 Å². The van der Waals surface area contributed by atoms with Gasteiger partial charge in [-0.15, -0.1) is 11.3 Å². The van der Waals surface area contributed by atoms with Crippen molar-refractivity contribution in [3.8, 4) is 11.1 Å². The maximum absolute atomic E-state index is 11.6. The molecule has 4 heteroatoms. The molecule has 0 saturated carbocycles. The van der Waals surface area contributed by atoms with Gasteiger partial charge in [-0.1, -0.05) is 0 Å². The van der Waals surface area contributed by atoms with Crippen molar-refractivity contribution in [2.75, 3.05) is 19.0 Å². The zero-order valence-corrected chi connectivity index (χ0v) is 10.9. The van der Waals surface area contributed by atoms with E-state index in [0.29, 0.717) is 0 Å². The van der Waals surface area contributed by atoms with Crippen LogP contribution in [0.4, 0.5) is 5.82 Å². The average Bonchev–Trinajstić information content (AvgIpc) is 2.77. The third-order valence-electron chi connectivity index (χ3n) is 2.49. The molecule has 0 aliphatic carbocycles. The lowest BCUT2D eigenvalue weighted by Crippen LogP contribution is -2.12. The van der Waals surface area contributed by atoms with Gasteiger partial charge in [-0.3, -0.25) is 4.79 Å². The van der Waals surface area contributed by atoms with Crippen molar-refractivity contribution >= 4 is 22.9 Å². The van der Waals surface area contributed by atoms with Gasteiger partial charge < -0.3 is 4.90 Å². The van der Waals surface area contributed by atoms with Gasteiger partial charge in [0.1, 0.15) is 5.82 Å². The van der Waals surface area contributed by atoms with Crippen LogP contribution in [-0.4, -0.2) is 24.9 Å².